The molecule has 0 aliphatic carbocycles. The highest BCUT2D eigenvalue weighted by Gasteiger charge is 2.34. The van der Waals surface area contributed by atoms with Gasteiger partial charge in [0.15, 0.2) is 11.6 Å². The van der Waals surface area contributed by atoms with Crippen molar-refractivity contribution in [3.63, 3.8) is 0 Å². The summed E-state index contributed by atoms with van der Waals surface area (Å²) in [7, 11) is 0. The van der Waals surface area contributed by atoms with E-state index in [0.717, 1.165) is 12.1 Å². The highest BCUT2D eigenvalue weighted by Crippen LogP contribution is 2.34. The number of alkyl halides is 3. The Morgan fingerprint density at radius 2 is 1.91 bits per heavy atom. The van der Waals surface area contributed by atoms with Crippen LogP contribution in [-0.2, 0) is 24.0 Å². The number of pyridine rings is 1. The van der Waals surface area contributed by atoms with Crippen LogP contribution in [0.1, 0.15) is 36.4 Å². The van der Waals surface area contributed by atoms with E-state index in [1.54, 1.807) is 0 Å². The number of nitrogens with one attached hydrogen (secondary N) is 2. The summed E-state index contributed by atoms with van der Waals surface area (Å²) >= 11 is 0. The molecule has 0 saturated carbocycles. The van der Waals surface area contributed by atoms with E-state index in [1.165, 1.54) is 19.2 Å². The Hall–Kier alpha value is -3.05. The fraction of sp³-hybridized carbons (Fsp3) is 0.435. The molecule has 2 atom stereocenters. The van der Waals surface area contributed by atoms with Gasteiger partial charge in [0.1, 0.15) is 5.82 Å². The molecule has 2 unspecified atom stereocenters. The maximum absolute atomic E-state index is 14.7. The van der Waals surface area contributed by atoms with Crippen LogP contribution in [0.3, 0.4) is 0 Å². The lowest BCUT2D eigenvalue weighted by Gasteiger charge is -2.35. The molecule has 0 bridgehead atoms. The molecule has 34 heavy (non-hydrogen) atoms. The Labute approximate surface area is 193 Å². The number of nitrogens with zero attached hydrogens (tertiary/aromatic N) is 3. The molecule has 11 heteroatoms. The van der Waals surface area contributed by atoms with Gasteiger partial charge in [0.25, 0.3) is 5.56 Å². The molecule has 1 fully saturated rings. The van der Waals surface area contributed by atoms with Crippen LogP contribution >= 0.6 is 0 Å². The first-order valence-electron chi connectivity index (χ1n) is 10.9. The minimum atomic E-state index is -4.67. The van der Waals surface area contributed by atoms with Gasteiger partial charge in [-0.3, -0.25) is 9.69 Å². The van der Waals surface area contributed by atoms with Crippen molar-refractivity contribution in [2.45, 2.75) is 52.2 Å². The van der Waals surface area contributed by atoms with Crippen LogP contribution in [0.25, 0.3) is 10.9 Å². The van der Waals surface area contributed by atoms with Gasteiger partial charge in [0.2, 0.25) is 0 Å². The number of halogens is 4. The van der Waals surface area contributed by atoms with Gasteiger partial charge >= 0.3 is 6.18 Å². The first-order chi connectivity index (χ1) is 16.0. The van der Waals surface area contributed by atoms with E-state index in [9.17, 15) is 22.4 Å². The van der Waals surface area contributed by atoms with Crippen LogP contribution in [0.4, 0.5) is 23.4 Å². The second-order valence-electron chi connectivity index (χ2n) is 8.65. The third-order valence-electron chi connectivity index (χ3n) is 5.60. The molecule has 2 aromatic heterocycles. The summed E-state index contributed by atoms with van der Waals surface area (Å²) in [6.07, 6.45) is -3.04. The SMILES string of the molecule is Cc1nc2cc(C(F)(F)F)c(CNc3ncc(CN4CC(C)OC(C)C4)cc3F)cc2c(=O)[nH]1. The van der Waals surface area contributed by atoms with Crippen molar-refractivity contribution in [3.05, 3.63) is 63.1 Å². The quantitative estimate of drug-likeness (QED) is 0.539. The molecule has 1 saturated heterocycles. The second-order valence-corrected chi connectivity index (χ2v) is 8.65. The van der Waals surface area contributed by atoms with E-state index in [-0.39, 0.29) is 46.9 Å². The molecular formula is C23H25F4N5O2. The second kappa shape index (κ2) is 9.30. The lowest BCUT2D eigenvalue weighted by atomic mass is 10.0. The van der Waals surface area contributed by atoms with Gasteiger partial charge in [0.05, 0.1) is 28.7 Å². The van der Waals surface area contributed by atoms with Crippen molar-refractivity contribution in [3.8, 4) is 0 Å². The molecule has 7 nitrogen and oxygen atoms in total. The number of H-pyrrole nitrogens is 1. The highest BCUT2D eigenvalue weighted by atomic mass is 19.4. The minimum absolute atomic E-state index is 0.0214. The van der Waals surface area contributed by atoms with Gasteiger partial charge in [-0.25, -0.2) is 14.4 Å². The molecule has 3 heterocycles. The molecular weight excluding hydrogens is 454 g/mol. The largest absolute Gasteiger partial charge is 0.416 e. The summed E-state index contributed by atoms with van der Waals surface area (Å²) in [4.78, 5) is 24.9. The number of ether oxygens (including phenoxy) is 1. The molecule has 0 radical (unpaired) electrons. The minimum Gasteiger partial charge on any atom is -0.373 e. The van der Waals surface area contributed by atoms with Crippen LogP contribution in [0.5, 0.6) is 0 Å². The molecule has 0 spiro atoms. The van der Waals surface area contributed by atoms with Gasteiger partial charge < -0.3 is 15.0 Å². The third-order valence-corrected chi connectivity index (χ3v) is 5.60. The number of aryl methyl sites for hydroxylation is 1. The van der Waals surface area contributed by atoms with E-state index in [4.69, 9.17) is 4.74 Å². The number of anilines is 1. The maximum atomic E-state index is 14.7. The fourth-order valence-corrected chi connectivity index (χ4v) is 4.30. The van der Waals surface area contributed by atoms with Crippen molar-refractivity contribution in [1.29, 1.82) is 0 Å². The number of benzene rings is 1. The van der Waals surface area contributed by atoms with Gasteiger partial charge in [-0.05, 0) is 50.1 Å². The number of rotatable bonds is 5. The Bertz CT molecular complexity index is 1250. The zero-order chi connectivity index (χ0) is 24.6. The van der Waals surface area contributed by atoms with Crippen LogP contribution in [0.15, 0.2) is 29.2 Å². The van der Waals surface area contributed by atoms with Crippen LogP contribution in [-0.4, -0.2) is 45.1 Å². The molecule has 182 valence electrons. The Kier molecular flexibility index (Phi) is 6.59. The molecule has 1 aromatic carbocycles. The average Bonchev–Trinajstić information content (AvgIpc) is 2.71. The summed E-state index contributed by atoms with van der Waals surface area (Å²) in [6, 6.07) is 3.29. The lowest BCUT2D eigenvalue weighted by Crippen LogP contribution is -2.44. The summed E-state index contributed by atoms with van der Waals surface area (Å²) in [5, 5.41) is 2.65. The zero-order valence-electron chi connectivity index (χ0n) is 19.0. The van der Waals surface area contributed by atoms with Crippen LogP contribution in [0.2, 0.25) is 0 Å². The highest BCUT2D eigenvalue weighted by molar-refractivity contribution is 5.79. The lowest BCUT2D eigenvalue weighted by molar-refractivity contribution is -0.138. The van der Waals surface area contributed by atoms with Crippen LogP contribution < -0.4 is 10.9 Å². The van der Waals surface area contributed by atoms with Gasteiger partial charge in [0, 0.05) is 32.4 Å². The molecule has 3 aromatic rings. The number of fused-ring (bicyclic) bond motifs is 1. The third kappa shape index (κ3) is 5.36. The van der Waals surface area contributed by atoms with Gasteiger partial charge in [-0.1, -0.05) is 0 Å². The van der Waals surface area contributed by atoms with Crippen molar-refractivity contribution >= 4 is 16.7 Å². The number of hydrogen-bond acceptors (Lipinski definition) is 6. The number of aromatic nitrogens is 3. The predicted molar refractivity (Wildman–Crippen MR) is 119 cm³/mol. The van der Waals surface area contributed by atoms with Gasteiger partial charge in [-0.2, -0.15) is 13.2 Å². The summed E-state index contributed by atoms with van der Waals surface area (Å²) in [5.74, 6) is -0.628. The number of hydrogen-bond donors (Lipinski definition) is 2. The smallest absolute Gasteiger partial charge is 0.373 e. The van der Waals surface area contributed by atoms with Crippen LogP contribution in [0, 0.1) is 12.7 Å². The molecule has 1 aliphatic rings. The van der Waals surface area contributed by atoms with Crippen molar-refractivity contribution in [2.24, 2.45) is 0 Å². The van der Waals surface area contributed by atoms with E-state index in [2.05, 4.69) is 25.2 Å². The average molecular weight is 479 g/mol. The Morgan fingerprint density at radius 1 is 1.21 bits per heavy atom. The van der Waals surface area contributed by atoms with Gasteiger partial charge in [-0.15, -0.1) is 0 Å². The van der Waals surface area contributed by atoms with Crippen molar-refractivity contribution in [2.75, 3.05) is 18.4 Å². The molecule has 2 N–H and O–H groups in total. The summed E-state index contributed by atoms with van der Waals surface area (Å²) in [5.41, 5.74) is -1.11. The Balaban J connectivity index is 1.55. The van der Waals surface area contributed by atoms with E-state index < -0.39 is 23.1 Å². The standard InChI is InChI=1S/C23H25F4N5O2/c1-12-9-32(10-13(2)34-12)11-15-4-19(24)21(28-7-15)29-8-16-5-17-20(6-18(16)23(25,26)27)30-14(3)31-22(17)33/h4-7,12-13H,8-11H2,1-3H3,(H,28,29)(H,30,31,33). The van der Waals surface area contributed by atoms with E-state index in [0.29, 0.717) is 25.2 Å². The molecule has 1 aliphatic heterocycles. The zero-order valence-corrected chi connectivity index (χ0v) is 19.0. The first-order valence-corrected chi connectivity index (χ1v) is 10.9. The Morgan fingerprint density at radius 3 is 2.56 bits per heavy atom. The summed E-state index contributed by atoms with van der Waals surface area (Å²) < 4.78 is 61.4. The number of morpholine rings is 1. The van der Waals surface area contributed by atoms with Crippen molar-refractivity contribution < 1.29 is 22.3 Å². The monoisotopic (exact) mass is 479 g/mol. The topological polar surface area (TPSA) is 83.1 Å². The normalized spacial score (nSPS) is 19.5. The first kappa shape index (κ1) is 24.1. The van der Waals surface area contributed by atoms with Crippen molar-refractivity contribution in [1.82, 2.24) is 19.9 Å². The fourth-order valence-electron chi connectivity index (χ4n) is 4.30. The van der Waals surface area contributed by atoms with E-state index >= 15 is 0 Å². The number of aromatic amines is 1. The predicted octanol–water partition coefficient (Wildman–Crippen LogP) is 4.01. The van der Waals surface area contributed by atoms with E-state index in [1.807, 2.05) is 13.8 Å². The molecule has 4 rings (SSSR count). The summed E-state index contributed by atoms with van der Waals surface area (Å²) in [6.45, 7) is 6.97. The molecule has 0 amide bonds. The maximum Gasteiger partial charge on any atom is 0.416 e.